The smallest absolute Gasteiger partial charge is 0.395 e. The van der Waals surface area contributed by atoms with E-state index in [1.807, 2.05) is 27.8 Å². The van der Waals surface area contributed by atoms with Gasteiger partial charge in [-0.25, -0.2) is 0 Å². The summed E-state index contributed by atoms with van der Waals surface area (Å²) >= 11 is 0. The van der Waals surface area contributed by atoms with E-state index in [4.69, 9.17) is 18.4 Å². The topological polar surface area (TPSA) is 51.2 Å². The van der Waals surface area contributed by atoms with Crippen molar-refractivity contribution < 1.29 is 18.4 Å². The second-order valence-corrected chi connectivity index (χ2v) is 6.77. The summed E-state index contributed by atoms with van der Waals surface area (Å²) in [4.78, 5) is 2.08. The molecule has 0 fully saturated rings. The Morgan fingerprint density at radius 1 is 1.00 bits per heavy atom. The summed E-state index contributed by atoms with van der Waals surface area (Å²) in [5, 5.41) is 9.09. The molecule has 0 radical (unpaired) electrons. The molecule has 0 aliphatic rings. The van der Waals surface area contributed by atoms with Gasteiger partial charge in [-0.3, -0.25) is 4.90 Å². The number of likely N-dealkylation sites (N-methyl/N-ethyl adjacent to an activating group) is 1. The van der Waals surface area contributed by atoms with E-state index in [1.165, 1.54) is 0 Å². The maximum Gasteiger partial charge on any atom is 0.519 e. The predicted octanol–water partition coefficient (Wildman–Crippen LogP) is 1.28. The van der Waals surface area contributed by atoms with Gasteiger partial charge in [0.25, 0.3) is 0 Å². The first kappa shape index (κ1) is 18.0. The van der Waals surface area contributed by atoms with Gasteiger partial charge in [0.1, 0.15) is 0 Å². The van der Waals surface area contributed by atoms with Crippen molar-refractivity contribution in [3.63, 3.8) is 0 Å². The fraction of sp³-hybridized carbons (Fsp3) is 1.00. The first-order valence-electron chi connectivity index (χ1n) is 6.84. The number of nitrogens with zero attached hydrogens (tertiary/aromatic N) is 1. The molecule has 0 heterocycles. The molecule has 0 aliphatic heterocycles. The molecule has 0 aromatic heterocycles. The fourth-order valence-electron chi connectivity index (χ4n) is 2.16. The van der Waals surface area contributed by atoms with Gasteiger partial charge in [-0.2, -0.15) is 0 Å². The molecule has 0 saturated carbocycles. The van der Waals surface area contributed by atoms with Crippen molar-refractivity contribution in [2.24, 2.45) is 0 Å². The predicted molar refractivity (Wildman–Crippen MR) is 74.4 cm³/mol. The maximum atomic E-state index is 9.09. The molecule has 1 N–H and O–H groups in total. The number of hydrogen-bond donors (Lipinski definition) is 1. The van der Waals surface area contributed by atoms with Crippen molar-refractivity contribution in [3.05, 3.63) is 0 Å². The summed E-state index contributed by atoms with van der Waals surface area (Å²) in [5.41, 5.74) is 0.0875. The zero-order chi connectivity index (χ0) is 14.0. The molecule has 0 amide bonds. The molecule has 1 unspecified atom stereocenters. The number of aliphatic hydroxyl groups excluding tert-OH is 1. The van der Waals surface area contributed by atoms with Gasteiger partial charge in [0, 0.05) is 26.4 Å². The molecule has 0 aromatic rings. The van der Waals surface area contributed by atoms with E-state index in [2.05, 4.69) is 11.8 Å². The summed E-state index contributed by atoms with van der Waals surface area (Å²) in [6, 6.07) is 0. The molecule has 0 aromatic carbocycles. The number of aliphatic hydroxyl groups is 1. The molecule has 110 valence electrons. The highest BCUT2D eigenvalue weighted by Crippen LogP contribution is 2.21. The van der Waals surface area contributed by atoms with E-state index >= 15 is 0 Å². The third kappa shape index (κ3) is 4.95. The van der Waals surface area contributed by atoms with E-state index in [1.54, 1.807) is 0 Å². The van der Waals surface area contributed by atoms with Crippen LogP contribution in [0.5, 0.6) is 0 Å². The maximum absolute atomic E-state index is 9.09. The lowest BCUT2D eigenvalue weighted by molar-refractivity contribution is 0.0361. The van der Waals surface area contributed by atoms with Crippen molar-refractivity contribution in [3.8, 4) is 0 Å². The SMILES string of the molecule is CCO[Si](OCC)(OCC)C(CC)N(C)CCO. The van der Waals surface area contributed by atoms with Gasteiger partial charge in [-0.15, -0.1) is 0 Å². The van der Waals surface area contributed by atoms with Crippen LogP contribution < -0.4 is 0 Å². The van der Waals surface area contributed by atoms with E-state index in [0.29, 0.717) is 26.4 Å². The standard InChI is InChI=1S/C12H29NO4Si/c1-6-12(13(5)10-11-14)18(15-7-2,16-8-3)17-9-4/h12,14H,6-11H2,1-5H3. The molecular formula is C12H29NO4Si. The van der Waals surface area contributed by atoms with Crippen molar-refractivity contribution in [2.45, 2.75) is 39.8 Å². The van der Waals surface area contributed by atoms with Crippen LogP contribution in [0.4, 0.5) is 0 Å². The largest absolute Gasteiger partial charge is 0.519 e. The van der Waals surface area contributed by atoms with E-state index in [0.717, 1.165) is 6.42 Å². The normalized spacial score (nSPS) is 14.2. The van der Waals surface area contributed by atoms with E-state index in [-0.39, 0.29) is 12.3 Å². The molecule has 0 aliphatic carbocycles. The third-order valence-corrected chi connectivity index (χ3v) is 6.55. The van der Waals surface area contributed by atoms with Gasteiger partial charge in [0.05, 0.1) is 12.3 Å². The van der Waals surface area contributed by atoms with Crippen molar-refractivity contribution in [1.82, 2.24) is 4.90 Å². The number of rotatable bonds is 11. The molecule has 6 heteroatoms. The van der Waals surface area contributed by atoms with Crippen LogP contribution in [0.25, 0.3) is 0 Å². The van der Waals surface area contributed by atoms with Crippen LogP contribution in [0.1, 0.15) is 34.1 Å². The first-order chi connectivity index (χ1) is 8.61. The zero-order valence-corrected chi connectivity index (χ0v) is 13.4. The van der Waals surface area contributed by atoms with Crippen LogP contribution in [0.2, 0.25) is 0 Å². The molecule has 0 saturated heterocycles. The molecule has 1 atom stereocenters. The van der Waals surface area contributed by atoms with Crippen LogP contribution in [-0.4, -0.2) is 64.5 Å². The minimum absolute atomic E-state index is 0.0875. The Morgan fingerprint density at radius 2 is 1.44 bits per heavy atom. The summed E-state index contributed by atoms with van der Waals surface area (Å²) < 4.78 is 17.7. The molecule has 0 rings (SSSR count). The minimum atomic E-state index is -2.71. The van der Waals surface area contributed by atoms with Gasteiger partial charge in [-0.1, -0.05) is 6.92 Å². The Morgan fingerprint density at radius 3 is 1.72 bits per heavy atom. The summed E-state index contributed by atoms with van der Waals surface area (Å²) in [6.45, 7) is 10.4. The van der Waals surface area contributed by atoms with Gasteiger partial charge >= 0.3 is 8.80 Å². The van der Waals surface area contributed by atoms with Gasteiger partial charge < -0.3 is 18.4 Å². The van der Waals surface area contributed by atoms with Crippen LogP contribution >= 0.6 is 0 Å². The van der Waals surface area contributed by atoms with Crippen LogP contribution in [0, 0.1) is 0 Å². The van der Waals surface area contributed by atoms with Crippen molar-refractivity contribution in [1.29, 1.82) is 0 Å². The zero-order valence-electron chi connectivity index (χ0n) is 12.4. The molecule has 18 heavy (non-hydrogen) atoms. The summed E-state index contributed by atoms with van der Waals surface area (Å²) in [7, 11) is -0.735. The first-order valence-corrected chi connectivity index (χ1v) is 8.64. The van der Waals surface area contributed by atoms with Gasteiger partial charge in [-0.05, 0) is 34.2 Å². The Hall–Kier alpha value is 0.0169. The van der Waals surface area contributed by atoms with E-state index in [9.17, 15) is 0 Å². The molecule has 0 bridgehead atoms. The fourth-order valence-corrected chi connectivity index (χ4v) is 5.37. The Balaban J connectivity index is 5.04. The molecule has 0 spiro atoms. The highest BCUT2D eigenvalue weighted by Gasteiger charge is 2.50. The van der Waals surface area contributed by atoms with E-state index < -0.39 is 8.80 Å². The Bertz CT molecular complexity index is 189. The van der Waals surface area contributed by atoms with Crippen molar-refractivity contribution in [2.75, 3.05) is 40.0 Å². The number of hydrogen-bond acceptors (Lipinski definition) is 5. The van der Waals surface area contributed by atoms with Crippen LogP contribution in [0.15, 0.2) is 0 Å². The van der Waals surface area contributed by atoms with Gasteiger partial charge in [0.2, 0.25) is 0 Å². The molecule has 5 nitrogen and oxygen atoms in total. The minimum Gasteiger partial charge on any atom is -0.395 e. The van der Waals surface area contributed by atoms with Crippen LogP contribution in [-0.2, 0) is 13.3 Å². The lowest BCUT2D eigenvalue weighted by Gasteiger charge is -2.39. The Labute approximate surface area is 112 Å². The summed E-state index contributed by atoms with van der Waals surface area (Å²) in [6.07, 6.45) is 0.878. The lowest BCUT2D eigenvalue weighted by atomic mass is 10.4. The highest BCUT2D eigenvalue weighted by molar-refractivity contribution is 6.62. The highest BCUT2D eigenvalue weighted by atomic mass is 28.4. The second-order valence-electron chi connectivity index (χ2n) is 4.03. The lowest BCUT2D eigenvalue weighted by Crippen LogP contribution is -2.62. The average Bonchev–Trinajstić information content (AvgIpc) is 2.31. The summed E-state index contributed by atoms with van der Waals surface area (Å²) in [5.74, 6) is 0. The average molecular weight is 279 g/mol. The van der Waals surface area contributed by atoms with Crippen LogP contribution in [0.3, 0.4) is 0 Å². The third-order valence-electron chi connectivity index (χ3n) is 2.82. The second kappa shape index (κ2) is 9.88. The molecular weight excluding hydrogens is 250 g/mol. The quantitative estimate of drug-likeness (QED) is 0.577. The Kier molecular flexibility index (Phi) is 9.89. The monoisotopic (exact) mass is 279 g/mol. The van der Waals surface area contributed by atoms with Gasteiger partial charge in [0.15, 0.2) is 0 Å². The van der Waals surface area contributed by atoms with Crippen molar-refractivity contribution >= 4 is 8.80 Å².